The van der Waals surface area contributed by atoms with E-state index in [-0.39, 0.29) is 5.92 Å². The lowest BCUT2D eigenvalue weighted by atomic mass is 9.79. The second-order valence-corrected chi connectivity index (χ2v) is 4.06. The zero-order valence-electron chi connectivity index (χ0n) is 8.52. The third-order valence-electron chi connectivity index (χ3n) is 3.13. The predicted molar refractivity (Wildman–Crippen MR) is 57.7 cm³/mol. The molecule has 1 aromatic carbocycles. The van der Waals surface area contributed by atoms with Crippen LogP contribution in [0.3, 0.4) is 0 Å². The number of carboxylic acid groups (broad SMARTS) is 1. The van der Waals surface area contributed by atoms with Crippen LogP contribution in [0, 0.1) is 0 Å². The van der Waals surface area contributed by atoms with Crippen molar-refractivity contribution in [3.05, 3.63) is 35.4 Å². The molecule has 1 aliphatic carbocycles. The van der Waals surface area contributed by atoms with Gasteiger partial charge in [0, 0.05) is 5.92 Å². The molecule has 3 heteroatoms. The Morgan fingerprint density at radius 2 is 2.20 bits per heavy atom. The number of rotatable bonds is 2. The van der Waals surface area contributed by atoms with Crippen molar-refractivity contribution in [3.8, 4) is 0 Å². The second-order valence-electron chi connectivity index (χ2n) is 4.06. The number of aryl methyl sites for hydroxylation is 1. The molecule has 3 N–H and O–H groups in total. The van der Waals surface area contributed by atoms with Gasteiger partial charge in [-0.3, -0.25) is 4.79 Å². The van der Waals surface area contributed by atoms with E-state index in [4.69, 9.17) is 10.8 Å². The first kappa shape index (κ1) is 10.2. The topological polar surface area (TPSA) is 63.3 Å². The average Bonchev–Trinajstić information content (AvgIpc) is 2.27. The lowest BCUT2D eigenvalue weighted by Crippen LogP contribution is -2.38. The normalized spacial score (nSPS) is 21.8. The highest BCUT2D eigenvalue weighted by atomic mass is 16.4. The van der Waals surface area contributed by atoms with Crippen molar-refractivity contribution in [2.24, 2.45) is 5.73 Å². The highest BCUT2D eigenvalue weighted by Crippen LogP contribution is 2.33. The molecular weight excluding hydrogens is 190 g/mol. The van der Waals surface area contributed by atoms with E-state index in [0.717, 1.165) is 24.8 Å². The van der Waals surface area contributed by atoms with Gasteiger partial charge in [-0.15, -0.1) is 0 Å². The summed E-state index contributed by atoms with van der Waals surface area (Å²) in [6.45, 7) is 0. The number of benzene rings is 1. The SMILES string of the molecule is N[C@H](C(=O)O)[C@@H]1CCCc2ccccc21. The molecule has 0 aromatic heterocycles. The molecule has 15 heavy (non-hydrogen) atoms. The van der Waals surface area contributed by atoms with Crippen molar-refractivity contribution in [2.45, 2.75) is 31.2 Å². The molecule has 0 spiro atoms. The molecule has 0 bridgehead atoms. The third kappa shape index (κ3) is 1.88. The van der Waals surface area contributed by atoms with Gasteiger partial charge in [-0.2, -0.15) is 0 Å². The summed E-state index contributed by atoms with van der Waals surface area (Å²) in [6, 6.07) is 7.24. The summed E-state index contributed by atoms with van der Waals surface area (Å²) in [7, 11) is 0. The third-order valence-corrected chi connectivity index (χ3v) is 3.13. The Labute approximate surface area is 88.9 Å². The maximum atomic E-state index is 10.9. The maximum absolute atomic E-state index is 10.9. The zero-order chi connectivity index (χ0) is 10.8. The fraction of sp³-hybridized carbons (Fsp3) is 0.417. The van der Waals surface area contributed by atoms with Crippen LogP contribution in [0.5, 0.6) is 0 Å². The highest BCUT2D eigenvalue weighted by Gasteiger charge is 2.29. The summed E-state index contributed by atoms with van der Waals surface area (Å²) >= 11 is 0. The molecule has 0 radical (unpaired) electrons. The minimum atomic E-state index is -0.906. The van der Waals surface area contributed by atoms with Gasteiger partial charge in [0.25, 0.3) is 0 Å². The lowest BCUT2D eigenvalue weighted by Gasteiger charge is -2.27. The molecule has 0 heterocycles. The average molecular weight is 205 g/mol. The Morgan fingerprint density at radius 1 is 1.47 bits per heavy atom. The summed E-state index contributed by atoms with van der Waals surface area (Å²) in [4.78, 5) is 10.9. The molecular formula is C12H15NO2. The molecule has 2 rings (SSSR count). The number of hydrogen-bond acceptors (Lipinski definition) is 2. The maximum Gasteiger partial charge on any atom is 0.321 e. The molecule has 0 fully saturated rings. The van der Waals surface area contributed by atoms with Crippen LogP contribution in [0.1, 0.15) is 29.9 Å². The van der Waals surface area contributed by atoms with Gasteiger partial charge in [0.05, 0.1) is 0 Å². The molecule has 3 nitrogen and oxygen atoms in total. The molecule has 2 atom stereocenters. The van der Waals surface area contributed by atoms with Gasteiger partial charge < -0.3 is 10.8 Å². The van der Waals surface area contributed by atoms with Gasteiger partial charge in [-0.1, -0.05) is 24.3 Å². The van der Waals surface area contributed by atoms with E-state index in [0.29, 0.717) is 0 Å². The standard InChI is InChI=1S/C12H15NO2/c13-11(12(14)15)10-7-3-5-8-4-1-2-6-9(8)10/h1-2,4,6,10-11H,3,5,7,13H2,(H,14,15)/t10-,11+/m1/s1. The van der Waals surface area contributed by atoms with Gasteiger partial charge >= 0.3 is 5.97 Å². The van der Waals surface area contributed by atoms with E-state index < -0.39 is 12.0 Å². The Kier molecular flexibility index (Phi) is 2.73. The molecule has 80 valence electrons. The number of nitrogens with two attached hydrogens (primary N) is 1. The van der Waals surface area contributed by atoms with Crippen molar-refractivity contribution >= 4 is 5.97 Å². The summed E-state index contributed by atoms with van der Waals surface area (Å²) in [5.41, 5.74) is 8.09. The van der Waals surface area contributed by atoms with Crippen LogP contribution in [0.2, 0.25) is 0 Å². The largest absolute Gasteiger partial charge is 0.480 e. The molecule has 0 saturated heterocycles. The van der Waals surface area contributed by atoms with Crippen LogP contribution in [0.25, 0.3) is 0 Å². The van der Waals surface area contributed by atoms with Crippen LogP contribution in [0.15, 0.2) is 24.3 Å². The minimum absolute atomic E-state index is 0.0209. The molecule has 1 aromatic rings. The first-order chi connectivity index (χ1) is 7.20. The smallest absolute Gasteiger partial charge is 0.321 e. The molecule has 0 saturated carbocycles. The fourth-order valence-corrected chi connectivity index (χ4v) is 2.34. The molecule has 1 aliphatic rings. The van der Waals surface area contributed by atoms with E-state index in [1.165, 1.54) is 5.56 Å². The summed E-state index contributed by atoms with van der Waals surface area (Å²) in [5.74, 6) is -0.927. The molecule has 0 unspecified atom stereocenters. The number of carbonyl (C=O) groups is 1. The van der Waals surface area contributed by atoms with Gasteiger partial charge in [-0.05, 0) is 30.4 Å². The Balaban J connectivity index is 2.33. The Hall–Kier alpha value is -1.35. The van der Waals surface area contributed by atoms with Crippen molar-refractivity contribution in [1.29, 1.82) is 0 Å². The van der Waals surface area contributed by atoms with Gasteiger partial charge in [0.15, 0.2) is 0 Å². The van der Waals surface area contributed by atoms with Crippen LogP contribution in [-0.4, -0.2) is 17.1 Å². The van der Waals surface area contributed by atoms with Crippen molar-refractivity contribution < 1.29 is 9.90 Å². The zero-order valence-corrected chi connectivity index (χ0v) is 8.52. The summed E-state index contributed by atoms with van der Waals surface area (Å²) in [5, 5.41) is 8.93. The quantitative estimate of drug-likeness (QED) is 0.769. The van der Waals surface area contributed by atoms with E-state index >= 15 is 0 Å². The second kappa shape index (κ2) is 4.03. The van der Waals surface area contributed by atoms with Gasteiger partial charge in [0.2, 0.25) is 0 Å². The van der Waals surface area contributed by atoms with E-state index in [1.54, 1.807) is 0 Å². The monoisotopic (exact) mass is 205 g/mol. The van der Waals surface area contributed by atoms with E-state index in [9.17, 15) is 4.79 Å². The van der Waals surface area contributed by atoms with Crippen LogP contribution >= 0.6 is 0 Å². The van der Waals surface area contributed by atoms with Crippen LogP contribution in [0.4, 0.5) is 0 Å². The summed E-state index contributed by atoms with van der Waals surface area (Å²) in [6.07, 6.45) is 2.95. The molecule has 0 aliphatic heterocycles. The minimum Gasteiger partial charge on any atom is -0.480 e. The van der Waals surface area contributed by atoms with Crippen LogP contribution < -0.4 is 5.73 Å². The Bertz CT molecular complexity index is 376. The van der Waals surface area contributed by atoms with E-state index in [2.05, 4.69) is 6.07 Å². The van der Waals surface area contributed by atoms with Gasteiger partial charge in [-0.25, -0.2) is 0 Å². The Morgan fingerprint density at radius 3 is 2.93 bits per heavy atom. The summed E-state index contributed by atoms with van der Waals surface area (Å²) < 4.78 is 0. The first-order valence-electron chi connectivity index (χ1n) is 5.26. The van der Waals surface area contributed by atoms with Crippen molar-refractivity contribution in [2.75, 3.05) is 0 Å². The number of aliphatic carboxylic acids is 1. The fourth-order valence-electron chi connectivity index (χ4n) is 2.34. The number of carboxylic acids is 1. The van der Waals surface area contributed by atoms with Gasteiger partial charge in [0.1, 0.15) is 6.04 Å². The molecule has 0 amide bonds. The van der Waals surface area contributed by atoms with Crippen LogP contribution in [-0.2, 0) is 11.2 Å². The number of fused-ring (bicyclic) bond motifs is 1. The van der Waals surface area contributed by atoms with Crippen molar-refractivity contribution in [1.82, 2.24) is 0 Å². The van der Waals surface area contributed by atoms with E-state index in [1.807, 2.05) is 18.2 Å². The lowest BCUT2D eigenvalue weighted by molar-refractivity contribution is -0.139. The first-order valence-corrected chi connectivity index (χ1v) is 5.26. The number of hydrogen-bond donors (Lipinski definition) is 2. The predicted octanol–water partition coefficient (Wildman–Crippen LogP) is 1.52. The highest BCUT2D eigenvalue weighted by molar-refractivity contribution is 5.74. The van der Waals surface area contributed by atoms with Crippen molar-refractivity contribution in [3.63, 3.8) is 0 Å².